The maximum atomic E-state index is 13.2. The highest BCUT2D eigenvalue weighted by Crippen LogP contribution is 2.36. The zero-order valence-electron chi connectivity index (χ0n) is 18.4. The maximum Gasteiger partial charge on any atom is 0.421 e. The largest absolute Gasteiger partial charge is 0.490 e. The van der Waals surface area contributed by atoms with Gasteiger partial charge in [0.05, 0.1) is 0 Å². The molecule has 0 radical (unpaired) electrons. The van der Waals surface area contributed by atoms with E-state index in [9.17, 15) is 27.9 Å². The van der Waals surface area contributed by atoms with Gasteiger partial charge in [0.2, 0.25) is 5.91 Å². The first-order valence-corrected chi connectivity index (χ1v) is 10.2. The highest BCUT2D eigenvalue weighted by molar-refractivity contribution is 5.86. The average Bonchev–Trinajstić information content (AvgIpc) is 2.64. The molecule has 1 fully saturated rings. The van der Waals surface area contributed by atoms with Crippen molar-refractivity contribution in [2.75, 3.05) is 13.1 Å². The summed E-state index contributed by atoms with van der Waals surface area (Å²) in [6, 6.07) is 0.329. The summed E-state index contributed by atoms with van der Waals surface area (Å²) in [6.45, 7) is 9.34. The molecule has 2 heterocycles. The molecule has 174 valence electrons. The van der Waals surface area contributed by atoms with E-state index in [-0.39, 0.29) is 30.7 Å². The number of hydrogen-bond acceptors (Lipinski definition) is 4. The van der Waals surface area contributed by atoms with E-state index in [1.807, 2.05) is 0 Å². The Morgan fingerprint density at radius 1 is 1.23 bits per heavy atom. The van der Waals surface area contributed by atoms with E-state index in [1.54, 1.807) is 39.5 Å². The van der Waals surface area contributed by atoms with Crippen LogP contribution in [0.4, 0.5) is 18.0 Å². The molecular weight excluding hydrogens is 415 g/mol. The lowest BCUT2D eigenvalue weighted by Crippen LogP contribution is -2.60. The Balaban J connectivity index is 2.10. The molecule has 0 bridgehead atoms. The standard InChI is InChI=1S/C21H30F3N3O4/c1-13(2)17(27(19(29)30)20(3,4)5)18(28)26-10-7-14(8-11-26)31-16-6-9-25-12-15(16)21(22,23)24/h6,9,12-14,17H,7-8,10-11H2,1-5H3,(H,29,30)/t17-/m0/s1. The zero-order valence-corrected chi connectivity index (χ0v) is 18.4. The molecule has 2 rings (SSSR count). The fourth-order valence-electron chi connectivity index (χ4n) is 3.77. The van der Waals surface area contributed by atoms with Crippen LogP contribution in [0.3, 0.4) is 0 Å². The minimum absolute atomic E-state index is 0.247. The first kappa shape index (κ1) is 24.7. The number of ether oxygens (including phenoxy) is 1. The number of rotatable bonds is 5. The topological polar surface area (TPSA) is 83.0 Å². The minimum Gasteiger partial charge on any atom is -0.490 e. The van der Waals surface area contributed by atoms with Gasteiger partial charge in [-0.2, -0.15) is 13.2 Å². The second-order valence-corrected chi connectivity index (χ2v) is 9.02. The Bertz CT molecular complexity index is 785. The van der Waals surface area contributed by atoms with E-state index in [0.29, 0.717) is 12.8 Å². The number of alkyl halides is 3. The van der Waals surface area contributed by atoms with Crippen molar-refractivity contribution < 1.29 is 32.6 Å². The van der Waals surface area contributed by atoms with Gasteiger partial charge in [-0.1, -0.05) is 13.8 Å². The van der Waals surface area contributed by atoms with E-state index in [2.05, 4.69) is 4.98 Å². The lowest BCUT2D eigenvalue weighted by atomic mass is 9.94. The molecule has 0 unspecified atom stereocenters. The number of hydrogen-bond donors (Lipinski definition) is 1. The van der Waals surface area contributed by atoms with Crippen molar-refractivity contribution in [1.29, 1.82) is 0 Å². The second-order valence-electron chi connectivity index (χ2n) is 9.02. The van der Waals surface area contributed by atoms with Gasteiger partial charge in [-0.15, -0.1) is 0 Å². The number of nitrogens with zero attached hydrogens (tertiary/aromatic N) is 3. The molecule has 31 heavy (non-hydrogen) atoms. The fourth-order valence-corrected chi connectivity index (χ4v) is 3.77. The molecule has 7 nitrogen and oxygen atoms in total. The maximum absolute atomic E-state index is 13.2. The van der Waals surface area contributed by atoms with Gasteiger partial charge in [0, 0.05) is 43.9 Å². The Morgan fingerprint density at radius 2 is 1.81 bits per heavy atom. The van der Waals surface area contributed by atoms with Crippen molar-refractivity contribution in [3.63, 3.8) is 0 Å². The van der Waals surface area contributed by atoms with Crippen LogP contribution in [0.25, 0.3) is 0 Å². The van der Waals surface area contributed by atoms with E-state index in [4.69, 9.17) is 4.74 Å². The third-order valence-electron chi connectivity index (χ3n) is 5.23. The van der Waals surface area contributed by atoms with Gasteiger partial charge in [0.1, 0.15) is 23.5 Å². The van der Waals surface area contributed by atoms with Gasteiger partial charge in [-0.05, 0) is 32.8 Å². The van der Waals surface area contributed by atoms with Crippen LogP contribution in [0.5, 0.6) is 5.75 Å². The zero-order chi connectivity index (χ0) is 23.6. The number of aromatic nitrogens is 1. The molecule has 1 saturated heterocycles. The molecule has 1 aliphatic rings. The molecule has 1 aromatic rings. The molecule has 2 amide bonds. The number of halogens is 3. The summed E-state index contributed by atoms with van der Waals surface area (Å²) in [4.78, 5) is 31.4. The van der Waals surface area contributed by atoms with Crippen molar-refractivity contribution in [2.24, 2.45) is 5.92 Å². The minimum atomic E-state index is -4.57. The Hall–Kier alpha value is -2.52. The predicted octanol–water partition coefficient (Wildman–Crippen LogP) is 4.27. The van der Waals surface area contributed by atoms with Crippen LogP contribution in [-0.4, -0.2) is 62.7 Å². The van der Waals surface area contributed by atoms with Gasteiger partial charge >= 0.3 is 12.3 Å². The Labute approximate surface area is 180 Å². The summed E-state index contributed by atoms with van der Waals surface area (Å²) in [5.74, 6) is -0.828. The SMILES string of the molecule is CC(C)[C@@H](C(=O)N1CCC(Oc2ccncc2C(F)(F)F)CC1)N(C(=O)O)C(C)(C)C. The van der Waals surface area contributed by atoms with Gasteiger partial charge in [0.25, 0.3) is 0 Å². The number of amides is 2. The van der Waals surface area contributed by atoms with Crippen LogP contribution in [0.1, 0.15) is 53.0 Å². The average molecular weight is 445 g/mol. The third-order valence-corrected chi connectivity index (χ3v) is 5.23. The van der Waals surface area contributed by atoms with Crippen LogP contribution in [0.2, 0.25) is 0 Å². The van der Waals surface area contributed by atoms with Gasteiger partial charge in [-0.3, -0.25) is 14.7 Å². The van der Waals surface area contributed by atoms with Gasteiger partial charge in [-0.25, -0.2) is 4.79 Å². The van der Waals surface area contributed by atoms with Crippen LogP contribution < -0.4 is 4.74 Å². The number of piperidine rings is 1. The molecular formula is C21H30F3N3O4. The first-order valence-electron chi connectivity index (χ1n) is 10.2. The van der Waals surface area contributed by atoms with Crippen molar-refractivity contribution in [1.82, 2.24) is 14.8 Å². The highest BCUT2D eigenvalue weighted by atomic mass is 19.4. The molecule has 1 N–H and O–H groups in total. The summed E-state index contributed by atoms with van der Waals surface area (Å²) in [7, 11) is 0. The van der Waals surface area contributed by atoms with Crippen molar-refractivity contribution in [2.45, 2.75) is 71.3 Å². The van der Waals surface area contributed by atoms with E-state index in [0.717, 1.165) is 6.20 Å². The number of carbonyl (C=O) groups is 2. The molecule has 10 heteroatoms. The first-order chi connectivity index (χ1) is 14.2. The molecule has 0 saturated carbocycles. The van der Waals surface area contributed by atoms with Crippen LogP contribution in [0, 0.1) is 5.92 Å². The summed E-state index contributed by atoms with van der Waals surface area (Å²) >= 11 is 0. The van der Waals surface area contributed by atoms with Crippen LogP contribution >= 0.6 is 0 Å². The number of likely N-dealkylation sites (tertiary alicyclic amines) is 1. The summed E-state index contributed by atoms with van der Waals surface area (Å²) in [6.07, 6.45) is -3.56. The Kier molecular flexibility index (Phi) is 7.44. The molecule has 1 aromatic heterocycles. The molecule has 1 aliphatic heterocycles. The quantitative estimate of drug-likeness (QED) is 0.732. The molecule has 1 atom stereocenters. The summed E-state index contributed by atoms with van der Waals surface area (Å²) < 4.78 is 45.0. The van der Waals surface area contributed by atoms with Crippen LogP contribution in [-0.2, 0) is 11.0 Å². The molecule has 0 aliphatic carbocycles. The monoisotopic (exact) mass is 445 g/mol. The van der Waals surface area contributed by atoms with E-state index < -0.39 is 35.5 Å². The van der Waals surface area contributed by atoms with Gasteiger partial charge in [0.15, 0.2) is 0 Å². The van der Waals surface area contributed by atoms with Crippen molar-refractivity contribution >= 4 is 12.0 Å². The van der Waals surface area contributed by atoms with E-state index >= 15 is 0 Å². The Morgan fingerprint density at radius 3 is 2.26 bits per heavy atom. The fraction of sp³-hybridized carbons (Fsp3) is 0.667. The third kappa shape index (κ3) is 6.01. The number of pyridine rings is 1. The van der Waals surface area contributed by atoms with Gasteiger partial charge < -0.3 is 14.7 Å². The molecule has 0 aromatic carbocycles. The second kappa shape index (κ2) is 9.32. The van der Waals surface area contributed by atoms with Crippen molar-refractivity contribution in [3.8, 4) is 5.75 Å². The smallest absolute Gasteiger partial charge is 0.421 e. The van der Waals surface area contributed by atoms with Crippen molar-refractivity contribution in [3.05, 3.63) is 24.0 Å². The number of carboxylic acid groups (broad SMARTS) is 1. The van der Waals surface area contributed by atoms with E-state index in [1.165, 1.54) is 17.2 Å². The summed E-state index contributed by atoms with van der Waals surface area (Å²) in [5, 5.41) is 9.71. The molecule has 0 spiro atoms. The van der Waals surface area contributed by atoms with Crippen LogP contribution in [0.15, 0.2) is 18.5 Å². The normalized spacial score (nSPS) is 16.9. The predicted molar refractivity (Wildman–Crippen MR) is 108 cm³/mol. The number of carbonyl (C=O) groups excluding carboxylic acids is 1. The lowest BCUT2D eigenvalue weighted by Gasteiger charge is -2.43. The lowest BCUT2D eigenvalue weighted by molar-refractivity contribution is -0.142. The highest BCUT2D eigenvalue weighted by Gasteiger charge is 2.42. The summed E-state index contributed by atoms with van der Waals surface area (Å²) in [5.41, 5.74) is -1.71.